The SMILES string of the molecule is CO[C@@]12[C@H](COC(N)=O)C3=C(C(=O)C(C)=C(N)C3=O)N1C[C@H]1[C@H]2N1C(=S)Oc1ccccc1. The number of nitrogens with zero attached hydrogens (tertiary/aromatic N) is 2. The summed E-state index contributed by atoms with van der Waals surface area (Å²) in [4.78, 5) is 41.4. The molecule has 0 aromatic heterocycles. The second kappa shape index (κ2) is 7.29. The Labute approximate surface area is 194 Å². The lowest BCUT2D eigenvalue weighted by Crippen LogP contribution is -2.56. The fraction of sp³-hybridized carbons (Fsp3) is 0.364. The number of thiocarbonyl (C=S) groups is 1. The van der Waals surface area contributed by atoms with Gasteiger partial charge in [-0.2, -0.15) is 0 Å². The van der Waals surface area contributed by atoms with Crippen molar-refractivity contribution in [1.29, 1.82) is 0 Å². The Hall–Kier alpha value is -3.44. The molecule has 2 saturated heterocycles. The number of para-hydroxylation sites is 1. The van der Waals surface area contributed by atoms with Gasteiger partial charge in [-0.25, -0.2) is 4.79 Å². The van der Waals surface area contributed by atoms with Crippen molar-refractivity contribution in [2.75, 3.05) is 20.3 Å². The molecule has 0 saturated carbocycles. The first kappa shape index (κ1) is 21.4. The van der Waals surface area contributed by atoms with E-state index in [4.69, 9.17) is 37.9 Å². The Morgan fingerprint density at radius 3 is 2.58 bits per heavy atom. The van der Waals surface area contributed by atoms with Crippen LogP contribution in [0.25, 0.3) is 0 Å². The summed E-state index contributed by atoms with van der Waals surface area (Å²) in [6.07, 6.45) is -0.999. The minimum Gasteiger partial charge on any atom is -0.449 e. The number of carbonyl (C=O) groups is 3. The molecule has 2 fully saturated rings. The lowest BCUT2D eigenvalue weighted by atomic mass is 9.82. The third kappa shape index (κ3) is 2.82. The van der Waals surface area contributed by atoms with E-state index in [1.54, 1.807) is 17.0 Å². The molecule has 0 spiro atoms. The number of amides is 1. The number of fused-ring (bicyclic) bond motifs is 4. The molecular weight excluding hydrogens is 448 g/mol. The molecule has 172 valence electrons. The predicted molar refractivity (Wildman–Crippen MR) is 118 cm³/mol. The van der Waals surface area contributed by atoms with Crippen LogP contribution in [0.2, 0.25) is 0 Å². The normalized spacial score (nSPS) is 29.7. The van der Waals surface area contributed by atoms with Gasteiger partial charge in [-0.1, -0.05) is 18.2 Å². The summed E-state index contributed by atoms with van der Waals surface area (Å²) in [6, 6.07) is 8.67. The molecule has 1 aromatic rings. The van der Waals surface area contributed by atoms with Gasteiger partial charge in [0, 0.05) is 24.8 Å². The van der Waals surface area contributed by atoms with Crippen molar-refractivity contribution in [3.05, 3.63) is 52.9 Å². The van der Waals surface area contributed by atoms with Gasteiger partial charge in [0.05, 0.1) is 23.4 Å². The second-order valence-electron chi connectivity index (χ2n) is 8.31. The van der Waals surface area contributed by atoms with Crippen LogP contribution < -0.4 is 16.2 Å². The average Bonchev–Trinajstić information content (AvgIpc) is 3.31. The van der Waals surface area contributed by atoms with E-state index in [0.29, 0.717) is 12.3 Å². The molecule has 1 amide bonds. The summed E-state index contributed by atoms with van der Waals surface area (Å²) in [6.45, 7) is 1.63. The largest absolute Gasteiger partial charge is 0.449 e. The summed E-state index contributed by atoms with van der Waals surface area (Å²) < 4.78 is 17.0. The number of benzene rings is 1. The van der Waals surface area contributed by atoms with Crippen molar-refractivity contribution >= 4 is 35.1 Å². The van der Waals surface area contributed by atoms with Crippen LogP contribution >= 0.6 is 12.2 Å². The van der Waals surface area contributed by atoms with E-state index in [9.17, 15) is 14.4 Å². The van der Waals surface area contributed by atoms with Crippen molar-refractivity contribution in [3.63, 3.8) is 0 Å². The maximum absolute atomic E-state index is 13.2. The molecule has 1 aliphatic carbocycles. The van der Waals surface area contributed by atoms with Crippen LogP contribution in [0.5, 0.6) is 5.75 Å². The molecule has 4 atom stereocenters. The number of primary amides is 1. The highest BCUT2D eigenvalue weighted by molar-refractivity contribution is 7.80. The molecule has 3 aliphatic heterocycles. The molecule has 4 aliphatic rings. The van der Waals surface area contributed by atoms with Crippen molar-refractivity contribution in [2.24, 2.45) is 17.4 Å². The first-order valence-electron chi connectivity index (χ1n) is 10.3. The lowest BCUT2D eigenvalue weighted by molar-refractivity contribution is -0.142. The van der Waals surface area contributed by atoms with Gasteiger partial charge in [-0.3, -0.25) is 9.59 Å². The number of hydrogen-bond acceptors (Lipinski definition) is 9. The van der Waals surface area contributed by atoms with Crippen LogP contribution in [-0.4, -0.2) is 70.7 Å². The molecule has 1 aromatic carbocycles. The Morgan fingerprint density at radius 2 is 1.94 bits per heavy atom. The Bertz CT molecular complexity index is 1160. The van der Waals surface area contributed by atoms with Gasteiger partial charge in [-0.15, -0.1) is 0 Å². The third-order valence-electron chi connectivity index (χ3n) is 6.85. The minimum atomic E-state index is -1.19. The van der Waals surface area contributed by atoms with Gasteiger partial charge in [0.1, 0.15) is 18.4 Å². The predicted octanol–water partition coefficient (Wildman–Crippen LogP) is 0.425. The number of Topliss-reactive ketones (excluding diaryl/α,β-unsaturated/α-hetero) is 2. The summed E-state index contributed by atoms with van der Waals surface area (Å²) >= 11 is 5.54. The standard InChI is InChI=1S/C22H22N4O6S/c1-10-15(23)18(28)14-12(9-31-20(24)29)22(30-2)19-13(8-25(22)16(14)17(10)27)26(19)21(33)32-11-6-4-3-5-7-11/h3-7,12-13,19H,8-9,23H2,1-2H3,(H2,24,29)/t12-,13+,19-,22-,26?/m1/s1. The van der Waals surface area contributed by atoms with E-state index in [-0.39, 0.29) is 52.2 Å². The van der Waals surface area contributed by atoms with Crippen molar-refractivity contribution in [2.45, 2.75) is 24.7 Å². The molecule has 10 nitrogen and oxygen atoms in total. The minimum absolute atomic E-state index is 0.113. The van der Waals surface area contributed by atoms with E-state index >= 15 is 0 Å². The summed E-state index contributed by atoms with van der Waals surface area (Å²) in [5.41, 5.74) is 10.4. The van der Waals surface area contributed by atoms with Crippen LogP contribution in [0.3, 0.4) is 0 Å². The van der Waals surface area contributed by atoms with Gasteiger partial charge < -0.3 is 35.5 Å². The summed E-state index contributed by atoms with van der Waals surface area (Å²) in [5.74, 6) is -1.03. The van der Waals surface area contributed by atoms with E-state index in [1.807, 2.05) is 23.1 Å². The fourth-order valence-electron chi connectivity index (χ4n) is 5.37. The summed E-state index contributed by atoms with van der Waals surface area (Å²) in [5, 5.41) is 0.248. The number of nitrogens with two attached hydrogens (primary N) is 2. The number of ether oxygens (including phenoxy) is 3. The van der Waals surface area contributed by atoms with E-state index in [2.05, 4.69) is 0 Å². The summed E-state index contributed by atoms with van der Waals surface area (Å²) in [7, 11) is 1.49. The zero-order valence-corrected chi connectivity index (χ0v) is 18.8. The second-order valence-corrected chi connectivity index (χ2v) is 8.66. The van der Waals surface area contributed by atoms with E-state index in [0.717, 1.165) is 0 Å². The van der Waals surface area contributed by atoms with Crippen molar-refractivity contribution in [1.82, 2.24) is 9.80 Å². The molecule has 4 N–H and O–H groups in total. The van der Waals surface area contributed by atoms with E-state index in [1.165, 1.54) is 14.0 Å². The number of carbonyl (C=O) groups excluding carboxylic acids is 3. The highest BCUT2D eigenvalue weighted by Gasteiger charge is 2.77. The number of methoxy groups -OCH3 is 1. The number of hydrogen-bond donors (Lipinski definition) is 2. The molecule has 33 heavy (non-hydrogen) atoms. The zero-order chi connectivity index (χ0) is 23.7. The number of piperazine rings is 1. The van der Waals surface area contributed by atoms with Crippen LogP contribution in [0, 0.1) is 5.92 Å². The smallest absolute Gasteiger partial charge is 0.404 e. The molecule has 5 rings (SSSR count). The zero-order valence-electron chi connectivity index (χ0n) is 17.9. The maximum Gasteiger partial charge on any atom is 0.404 e. The molecular formula is C22H22N4O6S. The number of ketones is 2. The van der Waals surface area contributed by atoms with Crippen LogP contribution in [-0.2, 0) is 19.1 Å². The van der Waals surface area contributed by atoms with Crippen molar-refractivity contribution in [3.8, 4) is 5.75 Å². The third-order valence-corrected chi connectivity index (χ3v) is 7.14. The number of allylic oxidation sites excluding steroid dienone is 2. The van der Waals surface area contributed by atoms with Gasteiger partial charge in [0.25, 0.3) is 5.17 Å². The molecule has 11 heteroatoms. The fourth-order valence-corrected chi connectivity index (χ4v) is 5.71. The monoisotopic (exact) mass is 470 g/mol. The lowest BCUT2D eigenvalue weighted by Gasteiger charge is -2.41. The van der Waals surface area contributed by atoms with Gasteiger partial charge in [0.15, 0.2) is 5.72 Å². The topological polar surface area (TPSA) is 137 Å². The Balaban J connectivity index is 1.51. The average molecular weight is 471 g/mol. The highest BCUT2D eigenvalue weighted by Crippen LogP contribution is 2.59. The molecule has 0 bridgehead atoms. The number of rotatable bonds is 4. The van der Waals surface area contributed by atoms with Gasteiger partial charge >= 0.3 is 6.09 Å². The first-order valence-corrected chi connectivity index (χ1v) is 10.7. The van der Waals surface area contributed by atoms with Crippen molar-refractivity contribution < 1.29 is 28.6 Å². The highest BCUT2D eigenvalue weighted by atomic mass is 32.1. The molecule has 3 heterocycles. The van der Waals surface area contributed by atoms with Crippen LogP contribution in [0.1, 0.15) is 6.92 Å². The maximum atomic E-state index is 13.2. The Morgan fingerprint density at radius 1 is 1.24 bits per heavy atom. The van der Waals surface area contributed by atoms with E-state index < -0.39 is 23.5 Å². The first-order chi connectivity index (χ1) is 15.7. The molecule has 0 radical (unpaired) electrons. The quantitative estimate of drug-likeness (QED) is 0.362. The van der Waals surface area contributed by atoms with Crippen LogP contribution in [0.15, 0.2) is 52.9 Å². The Kier molecular flexibility index (Phi) is 4.73. The van der Waals surface area contributed by atoms with Gasteiger partial charge in [0.2, 0.25) is 11.6 Å². The van der Waals surface area contributed by atoms with Gasteiger partial charge in [-0.05, 0) is 31.3 Å². The molecule has 0 unspecified atom stereocenters. The van der Waals surface area contributed by atoms with Crippen LogP contribution in [0.4, 0.5) is 4.79 Å².